The van der Waals surface area contributed by atoms with Crippen LogP contribution in [0.3, 0.4) is 0 Å². The first kappa shape index (κ1) is 22.4. The maximum Gasteiger partial charge on any atom is 0.266 e. The van der Waals surface area contributed by atoms with E-state index in [9.17, 15) is 20.0 Å². The van der Waals surface area contributed by atoms with Crippen molar-refractivity contribution in [2.45, 2.75) is 0 Å². The summed E-state index contributed by atoms with van der Waals surface area (Å²) in [6, 6.07) is 21.4. The third-order valence-corrected chi connectivity index (χ3v) is 4.47. The van der Waals surface area contributed by atoms with E-state index < -0.39 is 5.91 Å². The number of amides is 2. The monoisotopic (exact) mass is 447 g/mol. The molecule has 0 aliphatic rings. The van der Waals surface area contributed by atoms with Crippen LogP contribution in [0.5, 0.6) is 11.5 Å². The third kappa shape index (κ3) is 6.36. The number of phenolic OH excluding ortho intramolecular Hbond substituents is 1. The van der Waals surface area contributed by atoms with Gasteiger partial charge in [-0.25, -0.2) is 0 Å². The Bertz CT molecular complexity index is 1190. The zero-order valence-corrected chi connectivity index (χ0v) is 17.5. The van der Waals surface area contributed by atoms with Crippen LogP contribution in [0.2, 0.25) is 5.02 Å². The number of benzene rings is 3. The summed E-state index contributed by atoms with van der Waals surface area (Å²) in [5.74, 6) is -0.589. The number of halogens is 1. The summed E-state index contributed by atoms with van der Waals surface area (Å²) in [7, 11) is 0. The molecule has 0 radical (unpaired) electrons. The fraction of sp³-hybridized carbons (Fsp3) is 0.0417. The topological polar surface area (TPSA) is 111 Å². The van der Waals surface area contributed by atoms with Gasteiger partial charge in [0.1, 0.15) is 23.1 Å². The first-order valence-electron chi connectivity index (χ1n) is 9.44. The molecule has 7 nitrogen and oxygen atoms in total. The van der Waals surface area contributed by atoms with Crippen LogP contribution in [0.25, 0.3) is 6.08 Å². The lowest BCUT2D eigenvalue weighted by Crippen LogP contribution is -2.20. The van der Waals surface area contributed by atoms with Gasteiger partial charge in [0, 0.05) is 11.4 Å². The molecule has 0 bridgehead atoms. The standard InChI is InChI=1S/C24H18ClN3O4/c25-21-13-16(12-17(14-26)24(31)28-19-7-9-20(29)10-8-19)6-11-22(21)32-15-23(30)27-18-4-2-1-3-5-18/h1-13,29H,15H2,(H,27,30)(H,28,31)/b17-12+. The lowest BCUT2D eigenvalue weighted by atomic mass is 10.1. The van der Waals surface area contributed by atoms with E-state index in [0.717, 1.165) is 0 Å². The summed E-state index contributed by atoms with van der Waals surface area (Å²) in [6.07, 6.45) is 1.38. The van der Waals surface area contributed by atoms with Crippen LogP contribution in [0.4, 0.5) is 11.4 Å². The number of carbonyl (C=O) groups excluding carboxylic acids is 2. The van der Waals surface area contributed by atoms with E-state index >= 15 is 0 Å². The summed E-state index contributed by atoms with van der Waals surface area (Å²) < 4.78 is 5.46. The lowest BCUT2D eigenvalue weighted by molar-refractivity contribution is -0.118. The Morgan fingerprint density at radius 1 is 1.00 bits per heavy atom. The maximum absolute atomic E-state index is 12.3. The Balaban J connectivity index is 1.63. The van der Waals surface area contributed by atoms with Gasteiger partial charge in [-0.15, -0.1) is 0 Å². The van der Waals surface area contributed by atoms with Crippen molar-refractivity contribution in [2.75, 3.05) is 17.2 Å². The van der Waals surface area contributed by atoms with E-state index in [1.54, 1.807) is 36.4 Å². The quantitative estimate of drug-likeness (QED) is 0.278. The van der Waals surface area contributed by atoms with Gasteiger partial charge in [-0.3, -0.25) is 9.59 Å². The number of nitrogens with zero attached hydrogens (tertiary/aromatic N) is 1. The molecule has 2 amide bonds. The van der Waals surface area contributed by atoms with Gasteiger partial charge < -0.3 is 20.5 Å². The number of nitrogens with one attached hydrogen (secondary N) is 2. The van der Waals surface area contributed by atoms with Crippen molar-refractivity contribution >= 4 is 40.9 Å². The van der Waals surface area contributed by atoms with E-state index in [2.05, 4.69) is 10.6 Å². The Labute approximate surface area is 189 Å². The molecular formula is C24H18ClN3O4. The molecule has 160 valence electrons. The molecule has 0 heterocycles. The van der Waals surface area contributed by atoms with Gasteiger partial charge >= 0.3 is 0 Å². The number of hydrogen-bond acceptors (Lipinski definition) is 5. The molecule has 0 saturated carbocycles. The number of para-hydroxylation sites is 1. The van der Waals surface area contributed by atoms with E-state index in [1.807, 2.05) is 12.1 Å². The Morgan fingerprint density at radius 2 is 1.69 bits per heavy atom. The van der Waals surface area contributed by atoms with Gasteiger partial charge in [0.25, 0.3) is 11.8 Å². The molecule has 0 saturated heterocycles. The molecule has 0 aliphatic carbocycles. The number of ether oxygens (including phenoxy) is 1. The van der Waals surface area contributed by atoms with Crippen molar-refractivity contribution in [2.24, 2.45) is 0 Å². The van der Waals surface area contributed by atoms with Crippen LogP contribution in [-0.2, 0) is 9.59 Å². The molecule has 0 atom stereocenters. The first-order chi connectivity index (χ1) is 15.4. The van der Waals surface area contributed by atoms with Crippen LogP contribution < -0.4 is 15.4 Å². The highest BCUT2D eigenvalue weighted by Gasteiger charge is 2.11. The van der Waals surface area contributed by atoms with Crippen molar-refractivity contribution < 1.29 is 19.4 Å². The fourth-order valence-corrected chi connectivity index (χ4v) is 2.89. The number of aromatic hydroxyl groups is 1. The average molecular weight is 448 g/mol. The van der Waals surface area contributed by atoms with Gasteiger partial charge in [0.15, 0.2) is 6.61 Å². The Kier molecular flexibility index (Phi) is 7.46. The second kappa shape index (κ2) is 10.7. The second-order valence-corrected chi connectivity index (χ2v) is 6.97. The van der Waals surface area contributed by atoms with E-state index in [0.29, 0.717) is 22.7 Å². The Hall–Kier alpha value is -4.28. The molecule has 0 aromatic heterocycles. The number of hydrogen-bond donors (Lipinski definition) is 3. The van der Waals surface area contributed by atoms with Gasteiger partial charge in [-0.2, -0.15) is 5.26 Å². The number of nitriles is 1. The highest BCUT2D eigenvalue weighted by molar-refractivity contribution is 6.32. The van der Waals surface area contributed by atoms with E-state index in [4.69, 9.17) is 16.3 Å². The van der Waals surface area contributed by atoms with Crippen LogP contribution in [0, 0.1) is 11.3 Å². The maximum atomic E-state index is 12.3. The van der Waals surface area contributed by atoms with Gasteiger partial charge in [-0.1, -0.05) is 35.9 Å². The van der Waals surface area contributed by atoms with Crippen LogP contribution in [0.15, 0.2) is 78.4 Å². The molecule has 0 unspecified atom stereocenters. The zero-order valence-electron chi connectivity index (χ0n) is 16.7. The summed E-state index contributed by atoms with van der Waals surface area (Å²) in [4.78, 5) is 24.4. The molecule has 32 heavy (non-hydrogen) atoms. The van der Waals surface area contributed by atoms with Crippen molar-refractivity contribution in [3.63, 3.8) is 0 Å². The number of phenols is 1. The average Bonchev–Trinajstić information content (AvgIpc) is 2.79. The van der Waals surface area contributed by atoms with Crippen molar-refractivity contribution in [1.29, 1.82) is 5.26 Å². The van der Waals surface area contributed by atoms with Crippen molar-refractivity contribution in [3.05, 3.63) is 89.0 Å². The molecular weight excluding hydrogens is 430 g/mol. The minimum Gasteiger partial charge on any atom is -0.508 e. The van der Waals surface area contributed by atoms with Crippen molar-refractivity contribution in [1.82, 2.24) is 0 Å². The van der Waals surface area contributed by atoms with Crippen molar-refractivity contribution in [3.8, 4) is 17.6 Å². The molecule has 0 spiro atoms. The van der Waals surface area contributed by atoms with E-state index in [-0.39, 0.29) is 28.9 Å². The third-order valence-electron chi connectivity index (χ3n) is 4.17. The Morgan fingerprint density at radius 3 is 2.34 bits per heavy atom. The normalized spacial score (nSPS) is 10.7. The van der Waals surface area contributed by atoms with Crippen LogP contribution >= 0.6 is 11.6 Å². The summed E-state index contributed by atoms with van der Waals surface area (Å²) >= 11 is 6.23. The SMILES string of the molecule is N#C/C(=C\c1ccc(OCC(=O)Nc2ccccc2)c(Cl)c1)C(=O)Nc1ccc(O)cc1. The molecule has 3 N–H and O–H groups in total. The summed E-state index contributed by atoms with van der Waals surface area (Å²) in [6.45, 7) is -0.234. The number of carbonyl (C=O) groups is 2. The van der Waals surface area contributed by atoms with Crippen LogP contribution in [0.1, 0.15) is 5.56 Å². The number of rotatable bonds is 7. The summed E-state index contributed by atoms with van der Waals surface area (Å²) in [5, 5.41) is 24.2. The van der Waals surface area contributed by atoms with Gasteiger partial charge in [0.05, 0.1) is 5.02 Å². The lowest BCUT2D eigenvalue weighted by Gasteiger charge is -2.09. The van der Waals surface area contributed by atoms with Gasteiger partial charge in [0.2, 0.25) is 0 Å². The zero-order chi connectivity index (χ0) is 22.9. The van der Waals surface area contributed by atoms with E-state index in [1.165, 1.54) is 36.4 Å². The highest BCUT2D eigenvalue weighted by Crippen LogP contribution is 2.26. The molecule has 3 rings (SSSR count). The molecule has 3 aromatic carbocycles. The summed E-state index contributed by atoms with van der Waals surface area (Å²) in [5.41, 5.74) is 1.46. The number of anilines is 2. The molecule has 0 fully saturated rings. The molecule has 8 heteroatoms. The smallest absolute Gasteiger partial charge is 0.266 e. The first-order valence-corrected chi connectivity index (χ1v) is 9.82. The minimum absolute atomic E-state index is 0.0635. The second-order valence-electron chi connectivity index (χ2n) is 6.56. The predicted octanol–water partition coefficient (Wildman–Crippen LogP) is 4.61. The minimum atomic E-state index is -0.604. The fourth-order valence-electron chi connectivity index (χ4n) is 2.64. The largest absolute Gasteiger partial charge is 0.508 e. The van der Waals surface area contributed by atoms with Gasteiger partial charge in [-0.05, 0) is 60.2 Å². The molecule has 0 aliphatic heterocycles. The van der Waals surface area contributed by atoms with Crippen LogP contribution in [-0.4, -0.2) is 23.5 Å². The highest BCUT2D eigenvalue weighted by atomic mass is 35.5. The molecule has 3 aromatic rings. The predicted molar refractivity (Wildman–Crippen MR) is 122 cm³/mol.